The van der Waals surface area contributed by atoms with E-state index in [1.807, 2.05) is 4.90 Å². The van der Waals surface area contributed by atoms with Crippen molar-refractivity contribution >= 4 is 28.9 Å². The Labute approximate surface area is 168 Å². The third-order valence-corrected chi connectivity index (χ3v) is 5.17. The van der Waals surface area contributed by atoms with Crippen LogP contribution in [-0.4, -0.2) is 35.0 Å². The van der Waals surface area contributed by atoms with Gasteiger partial charge in [-0.15, -0.1) is 0 Å². The molecule has 0 aromatic heterocycles. The van der Waals surface area contributed by atoms with Crippen LogP contribution in [-0.2, 0) is 11.2 Å². The number of amides is 1. The SMILES string of the molecule is CC1CCN(c2ccc(C(=O)Nc3ccccc3CC(=O)O)cc2[N+](=O)[O-])CC1. The highest BCUT2D eigenvalue weighted by atomic mass is 16.6. The van der Waals surface area contributed by atoms with Gasteiger partial charge in [-0.1, -0.05) is 25.1 Å². The number of carboxylic acid groups (broad SMARTS) is 1. The number of nitrogens with one attached hydrogen (secondary N) is 1. The maximum Gasteiger partial charge on any atom is 0.307 e. The number of nitro groups is 1. The predicted molar refractivity (Wildman–Crippen MR) is 109 cm³/mol. The molecule has 1 fully saturated rings. The largest absolute Gasteiger partial charge is 0.481 e. The zero-order chi connectivity index (χ0) is 21.0. The molecule has 29 heavy (non-hydrogen) atoms. The molecule has 152 valence electrons. The molecule has 0 spiro atoms. The fraction of sp³-hybridized carbons (Fsp3) is 0.333. The van der Waals surface area contributed by atoms with Crippen LogP contribution in [0.1, 0.15) is 35.7 Å². The number of anilines is 2. The number of hydrogen-bond acceptors (Lipinski definition) is 5. The molecule has 0 atom stereocenters. The number of para-hydroxylation sites is 1. The molecule has 1 amide bonds. The molecular formula is C21H23N3O5. The number of benzene rings is 2. The summed E-state index contributed by atoms with van der Waals surface area (Å²) in [4.78, 5) is 36.8. The highest BCUT2D eigenvalue weighted by Crippen LogP contribution is 2.32. The molecule has 1 heterocycles. The molecule has 0 radical (unpaired) electrons. The monoisotopic (exact) mass is 397 g/mol. The molecule has 3 rings (SSSR count). The van der Waals surface area contributed by atoms with Crippen molar-refractivity contribution in [3.63, 3.8) is 0 Å². The van der Waals surface area contributed by atoms with Gasteiger partial charge in [0, 0.05) is 30.4 Å². The van der Waals surface area contributed by atoms with Crippen LogP contribution in [0, 0.1) is 16.0 Å². The summed E-state index contributed by atoms with van der Waals surface area (Å²) in [6.07, 6.45) is 1.71. The molecular weight excluding hydrogens is 374 g/mol. The van der Waals surface area contributed by atoms with E-state index in [4.69, 9.17) is 5.11 Å². The van der Waals surface area contributed by atoms with E-state index in [1.54, 1.807) is 36.4 Å². The third-order valence-electron chi connectivity index (χ3n) is 5.17. The maximum atomic E-state index is 12.7. The Balaban J connectivity index is 1.84. The number of carbonyl (C=O) groups is 2. The Kier molecular flexibility index (Phi) is 6.11. The van der Waals surface area contributed by atoms with Gasteiger partial charge in [-0.05, 0) is 42.5 Å². The third kappa shape index (κ3) is 4.90. The van der Waals surface area contributed by atoms with Gasteiger partial charge in [0.2, 0.25) is 0 Å². The van der Waals surface area contributed by atoms with E-state index in [0.29, 0.717) is 22.9 Å². The fourth-order valence-electron chi connectivity index (χ4n) is 3.48. The number of hydrogen-bond donors (Lipinski definition) is 2. The van der Waals surface area contributed by atoms with Crippen molar-refractivity contribution in [2.45, 2.75) is 26.2 Å². The standard InChI is InChI=1S/C21H23N3O5/c1-14-8-10-23(11-9-14)18-7-6-16(12-19(18)24(28)29)21(27)22-17-5-3-2-4-15(17)13-20(25)26/h2-7,12,14H,8-11,13H2,1H3,(H,22,27)(H,25,26). The topological polar surface area (TPSA) is 113 Å². The van der Waals surface area contributed by atoms with E-state index in [1.165, 1.54) is 6.07 Å². The number of carbonyl (C=O) groups excluding carboxylic acids is 1. The first kappa shape index (κ1) is 20.3. The first-order valence-electron chi connectivity index (χ1n) is 9.49. The molecule has 1 aliphatic heterocycles. The van der Waals surface area contributed by atoms with Crippen molar-refractivity contribution < 1.29 is 19.6 Å². The Morgan fingerprint density at radius 1 is 1.21 bits per heavy atom. The lowest BCUT2D eigenvalue weighted by Gasteiger charge is -2.31. The van der Waals surface area contributed by atoms with Crippen LogP contribution < -0.4 is 10.2 Å². The molecule has 2 N–H and O–H groups in total. The molecule has 1 saturated heterocycles. The fourth-order valence-corrected chi connectivity index (χ4v) is 3.48. The predicted octanol–water partition coefficient (Wildman–Crippen LogP) is 3.71. The lowest BCUT2D eigenvalue weighted by Crippen LogP contribution is -2.33. The molecule has 1 aliphatic rings. The van der Waals surface area contributed by atoms with E-state index >= 15 is 0 Å². The summed E-state index contributed by atoms with van der Waals surface area (Å²) < 4.78 is 0. The van der Waals surface area contributed by atoms with Crippen LogP contribution in [0.15, 0.2) is 42.5 Å². The van der Waals surface area contributed by atoms with Crippen molar-refractivity contribution in [1.29, 1.82) is 0 Å². The van der Waals surface area contributed by atoms with Crippen molar-refractivity contribution in [1.82, 2.24) is 0 Å². The normalized spacial score (nSPS) is 14.4. The summed E-state index contributed by atoms with van der Waals surface area (Å²) in [5, 5.41) is 23.3. The van der Waals surface area contributed by atoms with Gasteiger partial charge in [0.25, 0.3) is 11.6 Å². The number of nitrogens with zero attached hydrogens (tertiary/aromatic N) is 2. The summed E-state index contributed by atoms with van der Waals surface area (Å²) in [6, 6.07) is 11.1. The molecule has 2 aromatic rings. The molecule has 0 unspecified atom stereocenters. The Morgan fingerprint density at radius 2 is 1.90 bits per heavy atom. The van der Waals surface area contributed by atoms with E-state index in [2.05, 4.69) is 12.2 Å². The zero-order valence-electron chi connectivity index (χ0n) is 16.1. The van der Waals surface area contributed by atoms with Gasteiger partial charge < -0.3 is 15.3 Å². The van der Waals surface area contributed by atoms with Crippen molar-refractivity contribution in [3.8, 4) is 0 Å². The van der Waals surface area contributed by atoms with Crippen LogP contribution in [0.3, 0.4) is 0 Å². The number of carboxylic acids is 1. The Bertz CT molecular complexity index is 936. The summed E-state index contributed by atoms with van der Waals surface area (Å²) in [7, 11) is 0. The van der Waals surface area contributed by atoms with Crippen molar-refractivity contribution in [2.24, 2.45) is 5.92 Å². The van der Waals surface area contributed by atoms with Gasteiger partial charge in [-0.3, -0.25) is 19.7 Å². The zero-order valence-corrected chi connectivity index (χ0v) is 16.1. The van der Waals surface area contributed by atoms with E-state index < -0.39 is 16.8 Å². The first-order chi connectivity index (χ1) is 13.8. The Morgan fingerprint density at radius 3 is 2.55 bits per heavy atom. The van der Waals surface area contributed by atoms with E-state index in [-0.39, 0.29) is 17.7 Å². The molecule has 8 nitrogen and oxygen atoms in total. The second kappa shape index (κ2) is 8.72. The lowest BCUT2D eigenvalue weighted by molar-refractivity contribution is -0.384. The minimum Gasteiger partial charge on any atom is -0.481 e. The quantitative estimate of drug-likeness (QED) is 0.567. The van der Waals surface area contributed by atoms with Crippen molar-refractivity contribution in [2.75, 3.05) is 23.3 Å². The molecule has 0 aliphatic carbocycles. The van der Waals surface area contributed by atoms with Crippen LogP contribution in [0.5, 0.6) is 0 Å². The number of piperidine rings is 1. The van der Waals surface area contributed by atoms with Crippen LogP contribution >= 0.6 is 0 Å². The minimum absolute atomic E-state index is 0.106. The van der Waals surface area contributed by atoms with Gasteiger partial charge in [0.1, 0.15) is 5.69 Å². The van der Waals surface area contributed by atoms with Gasteiger partial charge in [0.05, 0.1) is 11.3 Å². The van der Waals surface area contributed by atoms with E-state index in [9.17, 15) is 19.7 Å². The van der Waals surface area contributed by atoms with Crippen LogP contribution in [0.25, 0.3) is 0 Å². The van der Waals surface area contributed by atoms with Crippen LogP contribution in [0.4, 0.5) is 17.1 Å². The van der Waals surface area contributed by atoms with Gasteiger partial charge in [-0.25, -0.2) is 0 Å². The minimum atomic E-state index is -1.01. The summed E-state index contributed by atoms with van der Waals surface area (Å²) in [6.45, 7) is 3.66. The second-order valence-electron chi connectivity index (χ2n) is 7.31. The smallest absolute Gasteiger partial charge is 0.307 e. The van der Waals surface area contributed by atoms with Crippen LogP contribution in [0.2, 0.25) is 0 Å². The summed E-state index contributed by atoms with van der Waals surface area (Å²) >= 11 is 0. The summed E-state index contributed by atoms with van der Waals surface area (Å²) in [5.41, 5.74) is 1.39. The van der Waals surface area contributed by atoms with Crippen molar-refractivity contribution in [3.05, 3.63) is 63.7 Å². The highest BCUT2D eigenvalue weighted by molar-refractivity contribution is 6.05. The average molecular weight is 397 g/mol. The number of nitro benzene ring substituents is 1. The maximum absolute atomic E-state index is 12.7. The molecule has 0 bridgehead atoms. The highest BCUT2D eigenvalue weighted by Gasteiger charge is 2.25. The second-order valence-corrected chi connectivity index (χ2v) is 7.31. The molecule has 2 aromatic carbocycles. The Hall–Kier alpha value is -3.42. The lowest BCUT2D eigenvalue weighted by atomic mass is 9.98. The number of aliphatic carboxylic acids is 1. The summed E-state index contributed by atoms with van der Waals surface area (Å²) in [5.74, 6) is -0.937. The van der Waals surface area contributed by atoms with Gasteiger partial charge in [0.15, 0.2) is 0 Å². The molecule has 8 heteroatoms. The molecule has 0 saturated carbocycles. The van der Waals surface area contributed by atoms with Gasteiger partial charge in [-0.2, -0.15) is 0 Å². The first-order valence-corrected chi connectivity index (χ1v) is 9.49. The van der Waals surface area contributed by atoms with E-state index in [0.717, 1.165) is 25.9 Å². The average Bonchev–Trinajstić information content (AvgIpc) is 2.69. The number of rotatable bonds is 6. The van der Waals surface area contributed by atoms with Gasteiger partial charge >= 0.3 is 5.97 Å².